The van der Waals surface area contributed by atoms with Gasteiger partial charge in [-0.3, -0.25) is 4.79 Å². The Hall–Kier alpha value is -3.80. The lowest BCUT2D eigenvalue weighted by atomic mass is 10.1. The van der Waals surface area contributed by atoms with E-state index in [1.807, 2.05) is 32.0 Å². The van der Waals surface area contributed by atoms with Crippen LogP contribution in [0.5, 0.6) is 0 Å². The minimum Gasteiger partial charge on any atom is -0.322 e. The molecule has 4 aromatic rings. The lowest BCUT2D eigenvalue weighted by Gasteiger charge is -2.10. The highest BCUT2D eigenvalue weighted by molar-refractivity contribution is 6.04. The predicted molar refractivity (Wildman–Crippen MR) is 111 cm³/mol. The number of aromatic nitrogens is 3. The van der Waals surface area contributed by atoms with E-state index in [0.29, 0.717) is 5.56 Å². The highest BCUT2D eigenvalue weighted by Gasteiger charge is 2.11. The molecule has 1 aromatic heterocycles. The standard InChI is InChI=1S/C23H19FN4O/c1-15-3-12-21(16(2)13-15)26-23(29)18-6-10-20(11-7-18)28-22(14-25-27-28)17-4-8-19(24)9-5-17/h3-14H,1-2H3,(H,26,29). The topological polar surface area (TPSA) is 59.8 Å². The molecule has 6 heteroatoms. The normalized spacial score (nSPS) is 10.7. The SMILES string of the molecule is Cc1ccc(NC(=O)c2ccc(-n3nncc3-c3ccc(F)cc3)cc2)c(C)c1. The largest absolute Gasteiger partial charge is 0.322 e. The Morgan fingerprint density at radius 1 is 0.966 bits per heavy atom. The van der Waals surface area contributed by atoms with Crippen molar-refractivity contribution in [1.82, 2.24) is 15.0 Å². The molecule has 4 rings (SSSR count). The molecule has 0 aliphatic heterocycles. The summed E-state index contributed by atoms with van der Waals surface area (Å²) in [6.07, 6.45) is 1.62. The van der Waals surface area contributed by atoms with Crippen molar-refractivity contribution in [2.45, 2.75) is 13.8 Å². The van der Waals surface area contributed by atoms with Crippen molar-refractivity contribution < 1.29 is 9.18 Å². The van der Waals surface area contributed by atoms with Crippen molar-refractivity contribution in [2.24, 2.45) is 0 Å². The zero-order chi connectivity index (χ0) is 20.4. The first-order valence-electron chi connectivity index (χ1n) is 9.17. The van der Waals surface area contributed by atoms with E-state index in [1.54, 1.807) is 47.3 Å². The minimum atomic E-state index is -0.299. The third-order valence-corrected chi connectivity index (χ3v) is 4.69. The molecule has 0 fully saturated rings. The number of anilines is 1. The highest BCUT2D eigenvalue weighted by atomic mass is 19.1. The fourth-order valence-electron chi connectivity index (χ4n) is 3.15. The fourth-order valence-corrected chi connectivity index (χ4v) is 3.15. The summed E-state index contributed by atoms with van der Waals surface area (Å²) >= 11 is 0. The zero-order valence-electron chi connectivity index (χ0n) is 16.1. The summed E-state index contributed by atoms with van der Waals surface area (Å²) < 4.78 is 14.8. The molecule has 0 aliphatic carbocycles. The number of carbonyl (C=O) groups is 1. The van der Waals surface area contributed by atoms with Gasteiger partial charge in [0.25, 0.3) is 5.91 Å². The molecule has 0 aliphatic rings. The van der Waals surface area contributed by atoms with Crippen LogP contribution in [-0.4, -0.2) is 20.9 Å². The van der Waals surface area contributed by atoms with Gasteiger partial charge in [-0.15, -0.1) is 5.10 Å². The van der Waals surface area contributed by atoms with Crippen molar-refractivity contribution in [2.75, 3.05) is 5.32 Å². The predicted octanol–water partition coefficient (Wildman–Crippen LogP) is 4.94. The van der Waals surface area contributed by atoms with E-state index in [-0.39, 0.29) is 11.7 Å². The van der Waals surface area contributed by atoms with Crippen LogP contribution in [-0.2, 0) is 0 Å². The Kier molecular flexibility index (Phi) is 4.91. The third-order valence-electron chi connectivity index (χ3n) is 4.69. The third kappa shape index (κ3) is 3.91. The molecule has 0 unspecified atom stereocenters. The molecule has 5 nitrogen and oxygen atoms in total. The van der Waals surface area contributed by atoms with E-state index in [2.05, 4.69) is 15.6 Å². The van der Waals surface area contributed by atoms with Crippen LogP contribution in [0.4, 0.5) is 10.1 Å². The summed E-state index contributed by atoms with van der Waals surface area (Å²) in [7, 11) is 0. The van der Waals surface area contributed by atoms with Gasteiger partial charge in [0, 0.05) is 16.8 Å². The molecular formula is C23H19FN4O. The van der Waals surface area contributed by atoms with Gasteiger partial charge in [-0.05, 0) is 74.0 Å². The molecule has 144 valence electrons. The van der Waals surface area contributed by atoms with Crippen molar-refractivity contribution in [3.63, 3.8) is 0 Å². The van der Waals surface area contributed by atoms with E-state index in [1.165, 1.54) is 12.1 Å². The number of nitrogens with zero attached hydrogens (tertiary/aromatic N) is 3. The Balaban J connectivity index is 1.56. The number of hydrogen-bond donors (Lipinski definition) is 1. The van der Waals surface area contributed by atoms with Gasteiger partial charge in [0.15, 0.2) is 0 Å². The summed E-state index contributed by atoms with van der Waals surface area (Å²) in [5.74, 6) is -0.479. The van der Waals surface area contributed by atoms with Gasteiger partial charge >= 0.3 is 0 Å². The van der Waals surface area contributed by atoms with E-state index in [0.717, 1.165) is 33.8 Å². The summed E-state index contributed by atoms with van der Waals surface area (Å²) in [4.78, 5) is 12.6. The Labute approximate surface area is 167 Å². The summed E-state index contributed by atoms with van der Waals surface area (Å²) in [6.45, 7) is 3.98. The number of aryl methyl sites for hydroxylation is 2. The molecule has 3 aromatic carbocycles. The average molecular weight is 386 g/mol. The summed E-state index contributed by atoms with van der Waals surface area (Å²) in [5.41, 5.74) is 5.78. The van der Waals surface area contributed by atoms with Gasteiger partial charge < -0.3 is 5.32 Å². The summed E-state index contributed by atoms with van der Waals surface area (Å²) in [6, 6.07) is 19.1. The van der Waals surface area contributed by atoms with E-state index in [4.69, 9.17) is 0 Å². The Bertz CT molecular complexity index is 1160. The van der Waals surface area contributed by atoms with Crippen molar-refractivity contribution in [3.8, 4) is 16.9 Å². The van der Waals surface area contributed by atoms with Crippen molar-refractivity contribution in [1.29, 1.82) is 0 Å². The molecule has 29 heavy (non-hydrogen) atoms. The van der Waals surface area contributed by atoms with Crippen LogP contribution in [0, 0.1) is 19.7 Å². The van der Waals surface area contributed by atoms with Gasteiger partial charge in [-0.2, -0.15) is 0 Å². The maximum Gasteiger partial charge on any atom is 0.255 e. The number of benzene rings is 3. The summed E-state index contributed by atoms with van der Waals surface area (Å²) in [5, 5.41) is 11.0. The van der Waals surface area contributed by atoms with Gasteiger partial charge in [0.2, 0.25) is 0 Å². The van der Waals surface area contributed by atoms with Gasteiger partial charge in [-0.25, -0.2) is 9.07 Å². The highest BCUT2D eigenvalue weighted by Crippen LogP contribution is 2.22. The molecule has 0 radical (unpaired) electrons. The molecular weight excluding hydrogens is 367 g/mol. The number of hydrogen-bond acceptors (Lipinski definition) is 3. The number of halogens is 1. The first kappa shape index (κ1) is 18.6. The number of nitrogens with one attached hydrogen (secondary N) is 1. The minimum absolute atomic E-state index is 0.180. The molecule has 0 atom stereocenters. The smallest absolute Gasteiger partial charge is 0.255 e. The number of carbonyl (C=O) groups excluding carboxylic acids is 1. The van der Waals surface area contributed by atoms with Crippen LogP contribution >= 0.6 is 0 Å². The van der Waals surface area contributed by atoms with Gasteiger partial charge in [0.1, 0.15) is 5.82 Å². The van der Waals surface area contributed by atoms with Crippen LogP contribution in [0.25, 0.3) is 16.9 Å². The van der Waals surface area contributed by atoms with E-state index >= 15 is 0 Å². The molecule has 1 heterocycles. The van der Waals surface area contributed by atoms with Gasteiger partial charge in [-0.1, -0.05) is 22.9 Å². The van der Waals surface area contributed by atoms with Gasteiger partial charge in [0.05, 0.1) is 17.6 Å². The van der Waals surface area contributed by atoms with Crippen LogP contribution in [0.15, 0.2) is 72.9 Å². The van der Waals surface area contributed by atoms with Crippen LogP contribution in [0.3, 0.4) is 0 Å². The van der Waals surface area contributed by atoms with E-state index < -0.39 is 0 Å². The number of amides is 1. The maximum atomic E-state index is 13.2. The van der Waals surface area contributed by atoms with E-state index in [9.17, 15) is 9.18 Å². The van der Waals surface area contributed by atoms with Crippen molar-refractivity contribution >= 4 is 11.6 Å². The van der Waals surface area contributed by atoms with Crippen LogP contribution in [0.1, 0.15) is 21.5 Å². The second-order valence-corrected chi connectivity index (χ2v) is 6.86. The Morgan fingerprint density at radius 2 is 1.69 bits per heavy atom. The quantitative estimate of drug-likeness (QED) is 0.540. The fraction of sp³-hybridized carbons (Fsp3) is 0.0870. The average Bonchev–Trinajstić information content (AvgIpc) is 3.20. The first-order chi connectivity index (χ1) is 14.0. The molecule has 1 N–H and O–H groups in total. The molecule has 0 saturated carbocycles. The monoisotopic (exact) mass is 386 g/mol. The Morgan fingerprint density at radius 3 is 2.38 bits per heavy atom. The number of rotatable bonds is 4. The first-order valence-corrected chi connectivity index (χ1v) is 9.17. The zero-order valence-corrected chi connectivity index (χ0v) is 16.1. The lowest BCUT2D eigenvalue weighted by Crippen LogP contribution is -2.13. The van der Waals surface area contributed by atoms with Crippen molar-refractivity contribution in [3.05, 3.63) is 95.4 Å². The molecule has 0 saturated heterocycles. The van der Waals surface area contributed by atoms with Crippen LogP contribution in [0.2, 0.25) is 0 Å². The van der Waals surface area contributed by atoms with Crippen LogP contribution < -0.4 is 5.32 Å². The molecule has 1 amide bonds. The maximum absolute atomic E-state index is 13.2. The lowest BCUT2D eigenvalue weighted by molar-refractivity contribution is 0.102. The second-order valence-electron chi connectivity index (χ2n) is 6.86. The molecule has 0 spiro atoms. The molecule has 0 bridgehead atoms. The second kappa shape index (κ2) is 7.67.